The summed E-state index contributed by atoms with van der Waals surface area (Å²) in [6, 6.07) is 11.7. The van der Waals surface area contributed by atoms with Crippen molar-refractivity contribution in [1.29, 1.82) is 0 Å². The van der Waals surface area contributed by atoms with E-state index < -0.39 is 0 Å². The van der Waals surface area contributed by atoms with Crippen molar-refractivity contribution in [3.63, 3.8) is 0 Å². The number of carbonyl (C=O) groups excluding carboxylic acids is 1. The van der Waals surface area contributed by atoms with Crippen LogP contribution in [0.5, 0.6) is 5.75 Å². The zero-order valence-electron chi connectivity index (χ0n) is 16.9. The summed E-state index contributed by atoms with van der Waals surface area (Å²) in [5, 5.41) is 3.27. The lowest BCUT2D eigenvalue weighted by Gasteiger charge is -2.33. The van der Waals surface area contributed by atoms with E-state index in [4.69, 9.17) is 10.5 Å². The number of aromatic nitrogens is 1. The van der Waals surface area contributed by atoms with Crippen molar-refractivity contribution >= 4 is 5.91 Å². The van der Waals surface area contributed by atoms with E-state index >= 15 is 0 Å². The summed E-state index contributed by atoms with van der Waals surface area (Å²) in [4.78, 5) is 17.4. The summed E-state index contributed by atoms with van der Waals surface area (Å²) < 4.78 is 5.31. The van der Waals surface area contributed by atoms with Gasteiger partial charge in [0.15, 0.2) is 0 Å². The van der Waals surface area contributed by atoms with Gasteiger partial charge in [0, 0.05) is 6.20 Å². The third-order valence-corrected chi connectivity index (χ3v) is 5.84. The number of ether oxygens (including phenoxy) is 1. The molecule has 1 aromatic heterocycles. The van der Waals surface area contributed by atoms with Crippen molar-refractivity contribution in [2.45, 2.75) is 45.1 Å². The van der Waals surface area contributed by atoms with Gasteiger partial charge in [0.2, 0.25) is 5.91 Å². The Balaban J connectivity index is 1.70. The number of hydrogen-bond acceptors (Lipinski definition) is 4. The predicted molar refractivity (Wildman–Crippen MR) is 111 cm³/mol. The molecule has 1 heterocycles. The van der Waals surface area contributed by atoms with Crippen LogP contribution in [0.25, 0.3) is 0 Å². The van der Waals surface area contributed by atoms with Crippen molar-refractivity contribution in [3.8, 4) is 5.75 Å². The van der Waals surface area contributed by atoms with Gasteiger partial charge in [-0.15, -0.1) is 0 Å². The molecule has 1 aliphatic carbocycles. The minimum atomic E-state index is -0.0493. The number of amides is 1. The topological polar surface area (TPSA) is 77.2 Å². The summed E-state index contributed by atoms with van der Waals surface area (Å²) in [6.07, 6.45) is 6.55. The number of methoxy groups -OCH3 is 1. The molecule has 0 bridgehead atoms. The Morgan fingerprint density at radius 3 is 2.64 bits per heavy atom. The second-order valence-corrected chi connectivity index (χ2v) is 7.80. The molecular weight excluding hydrogens is 350 g/mol. The highest BCUT2D eigenvalue weighted by Gasteiger charge is 2.30. The lowest BCUT2D eigenvalue weighted by Crippen LogP contribution is -2.37. The van der Waals surface area contributed by atoms with Gasteiger partial charge in [-0.2, -0.15) is 0 Å². The molecule has 3 N–H and O–H groups in total. The maximum atomic E-state index is 12.8. The minimum absolute atomic E-state index is 0.0289. The Morgan fingerprint density at radius 1 is 1.25 bits per heavy atom. The standard InChI is InChI=1S/C23H31N3O2/c1-16-13-18(8-11-21(16)28-2)14-22(27)26-23(20-5-3-4-12-25-20)19-9-6-17(15-24)7-10-19/h3-5,8,11-13,17,19,23H,6-7,9-10,14-15,24H2,1-2H3,(H,26,27)/t17?,19?,23-/m0/s1. The van der Waals surface area contributed by atoms with Gasteiger partial charge >= 0.3 is 0 Å². The molecule has 1 saturated carbocycles. The van der Waals surface area contributed by atoms with E-state index in [9.17, 15) is 4.79 Å². The van der Waals surface area contributed by atoms with E-state index in [0.717, 1.165) is 54.8 Å². The molecular formula is C23H31N3O2. The van der Waals surface area contributed by atoms with Crippen molar-refractivity contribution in [1.82, 2.24) is 10.3 Å². The average molecular weight is 382 g/mol. The van der Waals surface area contributed by atoms with Gasteiger partial charge in [-0.3, -0.25) is 9.78 Å². The number of carbonyl (C=O) groups is 1. The van der Waals surface area contributed by atoms with Crippen LogP contribution in [0.3, 0.4) is 0 Å². The maximum Gasteiger partial charge on any atom is 0.224 e. The van der Waals surface area contributed by atoms with Crippen molar-refractivity contribution in [2.75, 3.05) is 13.7 Å². The minimum Gasteiger partial charge on any atom is -0.496 e. The van der Waals surface area contributed by atoms with Crippen molar-refractivity contribution < 1.29 is 9.53 Å². The summed E-state index contributed by atoms with van der Waals surface area (Å²) >= 11 is 0. The number of benzene rings is 1. The van der Waals surface area contributed by atoms with E-state index in [2.05, 4.69) is 10.3 Å². The molecule has 0 saturated heterocycles. The van der Waals surface area contributed by atoms with Gasteiger partial charge in [0.05, 0.1) is 25.3 Å². The molecule has 0 aliphatic heterocycles. The van der Waals surface area contributed by atoms with Crippen LogP contribution in [0.4, 0.5) is 0 Å². The maximum absolute atomic E-state index is 12.8. The molecule has 28 heavy (non-hydrogen) atoms. The SMILES string of the molecule is COc1ccc(CC(=O)N[C@H](c2ccccn2)C2CCC(CN)CC2)cc1C. The molecule has 0 unspecified atom stereocenters. The Morgan fingerprint density at radius 2 is 2.04 bits per heavy atom. The highest BCUT2D eigenvalue weighted by atomic mass is 16.5. The van der Waals surface area contributed by atoms with E-state index in [1.165, 1.54) is 0 Å². The third kappa shape index (κ3) is 5.10. The lowest BCUT2D eigenvalue weighted by molar-refractivity contribution is -0.121. The summed E-state index contributed by atoms with van der Waals surface area (Å²) in [5.74, 6) is 1.88. The van der Waals surface area contributed by atoms with Crippen molar-refractivity contribution in [2.24, 2.45) is 17.6 Å². The van der Waals surface area contributed by atoms with Crippen LogP contribution in [-0.2, 0) is 11.2 Å². The van der Waals surface area contributed by atoms with Gasteiger partial charge in [-0.25, -0.2) is 0 Å². The monoisotopic (exact) mass is 381 g/mol. The second-order valence-electron chi connectivity index (χ2n) is 7.80. The van der Waals surface area contributed by atoms with E-state index in [1.54, 1.807) is 13.3 Å². The van der Waals surface area contributed by atoms with E-state index in [0.29, 0.717) is 18.3 Å². The molecule has 2 aromatic rings. The van der Waals surface area contributed by atoms with Crippen LogP contribution in [-0.4, -0.2) is 24.5 Å². The van der Waals surface area contributed by atoms with Gasteiger partial charge in [-0.1, -0.05) is 18.2 Å². The fourth-order valence-corrected chi connectivity index (χ4v) is 4.21. The lowest BCUT2D eigenvalue weighted by atomic mass is 9.77. The quantitative estimate of drug-likeness (QED) is 0.769. The number of rotatable bonds is 7. The summed E-state index contributed by atoms with van der Waals surface area (Å²) in [6.45, 7) is 2.75. The number of pyridine rings is 1. The first-order valence-electron chi connectivity index (χ1n) is 10.1. The molecule has 1 atom stereocenters. The number of nitrogens with zero attached hydrogens (tertiary/aromatic N) is 1. The molecule has 3 rings (SSSR count). The van der Waals surface area contributed by atoms with Gasteiger partial charge in [0.1, 0.15) is 5.75 Å². The summed E-state index contributed by atoms with van der Waals surface area (Å²) in [7, 11) is 1.66. The van der Waals surface area contributed by atoms with E-state index in [-0.39, 0.29) is 11.9 Å². The smallest absolute Gasteiger partial charge is 0.224 e. The first-order chi connectivity index (χ1) is 13.6. The van der Waals surface area contributed by atoms with Crippen LogP contribution in [0, 0.1) is 18.8 Å². The Labute approximate surface area is 167 Å². The fourth-order valence-electron chi connectivity index (χ4n) is 4.21. The number of aryl methyl sites for hydroxylation is 1. The van der Waals surface area contributed by atoms with Crippen LogP contribution >= 0.6 is 0 Å². The Kier molecular flexibility index (Phi) is 7.04. The first-order valence-corrected chi connectivity index (χ1v) is 10.1. The number of hydrogen-bond donors (Lipinski definition) is 2. The molecule has 1 amide bonds. The average Bonchev–Trinajstić information content (AvgIpc) is 2.73. The zero-order valence-corrected chi connectivity index (χ0v) is 16.9. The Hall–Kier alpha value is -2.40. The highest BCUT2D eigenvalue weighted by molar-refractivity contribution is 5.79. The Bertz CT molecular complexity index is 771. The van der Waals surface area contributed by atoms with Crippen LogP contribution < -0.4 is 15.8 Å². The van der Waals surface area contributed by atoms with Crippen molar-refractivity contribution in [3.05, 3.63) is 59.4 Å². The normalized spacial score (nSPS) is 20.4. The molecule has 1 aliphatic rings. The predicted octanol–water partition coefficient (Wildman–Crippen LogP) is 3.56. The summed E-state index contributed by atoms with van der Waals surface area (Å²) in [5.41, 5.74) is 8.81. The molecule has 1 aromatic carbocycles. The number of nitrogens with one attached hydrogen (secondary N) is 1. The first kappa shape index (κ1) is 20.3. The third-order valence-electron chi connectivity index (χ3n) is 5.84. The molecule has 0 spiro atoms. The highest BCUT2D eigenvalue weighted by Crippen LogP contribution is 2.36. The van der Waals surface area contributed by atoms with Crippen LogP contribution in [0.1, 0.15) is 48.5 Å². The van der Waals surface area contributed by atoms with Crippen LogP contribution in [0.2, 0.25) is 0 Å². The zero-order chi connectivity index (χ0) is 19.9. The van der Waals surface area contributed by atoms with Gasteiger partial charge < -0.3 is 15.8 Å². The molecule has 150 valence electrons. The number of nitrogens with two attached hydrogens (primary N) is 1. The molecule has 0 radical (unpaired) electrons. The van der Waals surface area contributed by atoms with Gasteiger partial charge in [-0.05, 0) is 80.3 Å². The molecule has 5 nitrogen and oxygen atoms in total. The molecule has 5 heteroatoms. The van der Waals surface area contributed by atoms with E-state index in [1.807, 2.05) is 43.3 Å². The van der Waals surface area contributed by atoms with Crippen LogP contribution in [0.15, 0.2) is 42.6 Å². The largest absolute Gasteiger partial charge is 0.496 e. The molecule has 1 fully saturated rings. The van der Waals surface area contributed by atoms with Gasteiger partial charge in [0.25, 0.3) is 0 Å². The second kappa shape index (κ2) is 9.69. The fraction of sp³-hybridized carbons (Fsp3) is 0.478.